The Morgan fingerprint density at radius 1 is 0.853 bits per heavy atom. The molecule has 1 amide bonds. The number of hydrogen-bond acceptors (Lipinski definition) is 4. The van der Waals surface area contributed by atoms with Gasteiger partial charge in [-0.2, -0.15) is 0 Å². The van der Waals surface area contributed by atoms with E-state index in [-0.39, 0.29) is 11.9 Å². The molecule has 0 saturated carbocycles. The first-order valence-electron chi connectivity index (χ1n) is 11.9. The van der Waals surface area contributed by atoms with Crippen LogP contribution in [0, 0.1) is 0 Å². The Labute approximate surface area is 201 Å². The molecule has 1 fully saturated rings. The Morgan fingerprint density at radius 2 is 1.44 bits per heavy atom. The molecular formula is C28H31N5O. The maximum atomic E-state index is 13.6. The fourth-order valence-electron chi connectivity index (χ4n) is 4.89. The van der Waals surface area contributed by atoms with Gasteiger partial charge in [0.2, 0.25) is 0 Å². The van der Waals surface area contributed by atoms with Crippen LogP contribution in [0.15, 0.2) is 85.1 Å². The number of fused-ring (bicyclic) bond motifs is 1. The van der Waals surface area contributed by atoms with Crippen molar-refractivity contribution in [3.8, 4) is 0 Å². The van der Waals surface area contributed by atoms with Crippen LogP contribution >= 0.6 is 0 Å². The lowest BCUT2D eigenvalue weighted by atomic mass is 9.96. The van der Waals surface area contributed by atoms with E-state index in [1.807, 2.05) is 47.8 Å². The van der Waals surface area contributed by atoms with Crippen molar-refractivity contribution >= 4 is 11.6 Å². The van der Waals surface area contributed by atoms with Gasteiger partial charge in [0.1, 0.15) is 5.65 Å². The molecule has 0 unspecified atom stereocenters. The summed E-state index contributed by atoms with van der Waals surface area (Å²) in [6.07, 6.45) is 1.99. The van der Waals surface area contributed by atoms with Crippen molar-refractivity contribution in [2.75, 3.05) is 40.3 Å². The van der Waals surface area contributed by atoms with Gasteiger partial charge in [0.05, 0.1) is 11.7 Å². The first-order valence-corrected chi connectivity index (χ1v) is 11.9. The average Bonchev–Trinajstić information content (AvgIpc) is 3.23. The summed E-state index contributed by atoms with van der Waals surface area (Å²) in [6.45, 7) is 3.66. The third-order valence-corrected chi connectivity index (χ3v) is 6.49. The molecule has 1 aliphatic heterocycles. The number of carbonyl (C=O) groups is 1. The fourth-order valence-corrected chi connectivity index (χ4v) is 4.89. The van der Waals surface area contributed by atoms with Crippen molar-refractivity contribution in [1.82, 2.24) is 24.1 Å². The smallest absolute Gasteiger partial charge is 0.274 e. The number of rotatable bonds is 6. The molecule has 5 rings (SSSR count). The highest BCUT2D eigenvalue weighted by Crippen LogP contribution is 2.30. The largest absolute Gasteiger partial charge is 0.335 e. The summed E-state index contributed by atoms with van der Waals surface area (Å²) < 4.78 is 2.03. The Hall–Kier alpha value is -3.48. The van der Waals surface area contributed by atoms with Gasteiger partial charge in [0.15, 0.2) is 5.69 Å². The van der Waals surface area contributed by atoms with Gasteiger partial charge in [-0.1, -0.05) is 66.7 Å². The molecule has 0 N–H and O–H groups in total. The fraction of sp³-hybridized carbons (Fsp3) is 0.286. The van der Waals surface area contributed by atoms with Gasteiger partial charge in [-0.15, -0.1) is 0 Å². The van der Waals surface area contributed by atoms with Crippen LogP contribution in [0.4, 0.5) is 0 Å². The minimum Gasteiger partial charge on any atom is -0.335 e. The normalized spacial score (nSPS) is 14.9. The van der Waals surface area contributed by atoms with Gasteiger partial charge in [-0.3, -0.25) is 9.69 Å². The molecular weight excluding hydrogens is 422 g/mol. The van der Waals surface area contributed by atoms with E-state index in [2.05, 4.69) is 70.5 Å². The van der Waals surface area contributed by atoms with E-state index >= 15 is 0 Å². The molecule has 34 heavy (non-hydrogen) atoms. The van der Waals surface area contributed by atoms with Crippen molar-refractivity contribution < 1.29 is 4.79 Å². The third-order valence-electron chi connectivity index (χ3n) is 6.49. The van der Waals surface area contributed by atoms with Gasteiger partial charge < -0.3 is 14.2 Å². The second kappa shape index (κ2) is 9.79. The lowest BCUT2D eigenvalue weighted by Gasteiger charge is -2.39. The van der Waals surface area contributed by atoms with Crippen LogP contribution in [0.25, 0.3) is 5.65 Å². The minimum absolute atomic E-state index is 0.0242. The molecule has 0 bridgehead atoms. The first-order chi connectivity index (χ1) is 16.6. The van der Waals surface area contributed by atoms with Crippen LogP contribution in [-0.2, 0) is 6.54 Å². The highest BCUT2D eigenvalue weighted by molar-refractivity contribution is 5.94. The second-order valence-corrected chi connectivity index (χ2v) is 9.13. The van der Waals surface area contributed by atoms with Crippen LogP contribution < -0.4 is 0 Å². The molecule has 0 aliphatic carbocycles. The summed E-state index contributed by atoms with van der Waals surface area (Å²) in [5.41, 5.74) is 4.88. The molecule has 1 saturated heterocycles. The van der Waals surface area contributed by atoms with Crippen LogP contribution in [0.5, 0.6) is 0 Å². The van der Waals surface area contributed by atoms with E-state index in [1.54, 1.807) is 0 Å². The lowest BCUT2D eigenvalue weighted by Crippen LogP contribution is -2.50. The standard InChI is InChI=1S/C28H31N5O/c1-30(2)21-24-26(29-25-15-9-10-16-33(24)25)28(34)32-19-17-31(18-20-32)27(22-11-5-3-6-12-22)23-13-7-4-8-14-23/h3-16,27H,17-21H2,1-2H3. The molecule has 1 aliphatic rings. The number of benzene rings is 2. The van der Waals surface area contributed by atoms with Crippen molar-refractivity contribution in [3.63, 3.8) is 0 Å². The topological polar surface area (TPSA) is 44.1 Å². The number of piperazine rings is 1. The van der Waals surface area contributed by atoms with Crippen LogP contribution in [0.1, 0.15) is 33.4 Å². The number of imidazole rings is 1. The van der Waals surface area contributed by atoms with Crippen molar-refractivity contribution in [2.24, 2.45) is 0 Å². The number of nitrogens with zero attached hydrogens (tertiary/aromatic N) is 5. The van der Waals surface area contributed by atoms with E-state index < -0.39 is 0 Å². The van der Waals surface area contributed by atoms with Crippen LogP contribution in [0.3, 0.4) is 0 Å². The average molecular weight is 454 g/mol. The minimum atomic E-state index is 0.0242. The molecule has 0 spiro atoms. The Balaban J connectivity index is 1.37. The van der Waals surface area contributed by atoms with Crippen molar-refractivity contribution in [3.05, 3.63) is 108 Å². The number of amides is 1. The molecule has 4 aromatic rings. The summed E-state index contributed by atoms with van der Waals surface area (Å²) in [6, 6.07) is 27.4. The molecule has 2 aromatic carbocycles. The molecule has 0 atom stereocenters. The summed E-state index contributed by atoms with van der Waals surface area (Å²) in [5.74, 6) is 0.0242. The zero-order valence-corrected chi connectivity index (χ0v) is 19.8. The Bertz CT molecular complexity index is 1200. The highest BCUT2D eigenvalue weighted by atomic mass is 16.2. The molecule has 6 heteroatoms. The monoisotopic (exact) mass is 453 g/mol. The predicted octanol–water partition coefficient (Wildman–Crippen LogP) is 3.94. The summed E-state index contributed by atoms with van der Waals surface area (Å²) in [7, 11) is 4.03. The number of hydrogen-bond donors (Lipinski definition) is 0. The van der Waals surface area contributed by atoms with Gasteiger partial charge in [0.25, 0.3) is 5.91 Å². The maximum absolute atomic E-state index is 13.6. The predicted molar refractivity (Wildman–Crippen MR) is 135 cm³/mol. The molecule has 2 aromatic heterocycles. The zero-order valence-electron chi connectivity index (χ0n) is 19.8. The van der Waals surface area contributed by atoms with E-state index in [4.69, 9.17) is 4.98 Å². The zero-order chi connectivity index (χ0) is 23.5. The molecule has 6 nitrogen and oxygen atoms in total. The number of aromatic nitrogens is 2. The summed E-state index contributed by atoms with van der Waals surface area (Å²) in [4.78, 5) is 24.8. The van der Waals surface area contributed by atoms with Crippen LogP contribution in [-0.4, -0.2) is 70.3 Å². The second-order valence-electron chi connectivity index (χ2n) is 9.13. The third kappa shape index (κ3) is 4.47. The van der Waals surface area contributed by atoms with Crippen LogP contribution in [0.2, 0.25) is 0 Å². The number of carbonyl (C=O) groups excluding carboxylic acids is 1. The number of pyridine rings is 1. The van der Waals surface area contributed by atoms with E-state index in [0.717, 1.165) is 24.4 Å². The van der Waals surface area contributed by atoms with E-state index in [0.29, 0.717) is 25.3 Å². The van der Waals surface area contributed by atoms with Gasteiger partial charge in [-0.25, -0.2) is 4.98 Å². The first kappa shape index (κ1) is 22.3. The van der Waals surface area contributed by atoms with Gasteiger partial charge in [0, 0.05) is 38.9 Å². The highest BCUT2D eigenvalue weighted by Gasteiger charge is 2.30. The molecule has 3 heterocycles. The quantitative estimate of drug-likeness (QED) is 0.444. The van der Waals surface area contributed by atoms with Gasteiger partial charge in [-0.05, 0) is 37.4 Å². The molecule has 174 valence electrons. The van der Waals surface area contributed by atoms with E-state index in [1.165, 1.54) is 11.1 Å². The summed E-state index contributed by atoms with van der Waals surface area (Å²) >= 11 is 0. The summed E-state index contributed by atoms with van der Waals surface area (Å²) in [5, 5.41) is 0. The van der Waals surface area contributed by atoms with Crippen molar-refractivity contribution in [2.45, 2.75) is 12.6 Å². The van der Waals surface area contributed by atoms with Crippen molar-refractivity contribution in [1.29, 1.82) is 0 Å². The van der Waals surface area contributed by atoms with E-state index in [9.17, 15) is 4.79 Å². The maximum Gasteiger partial charge on any atom is 0.274 e. The SMILES string of the molecule is CN(C)Cc1c(C(=O)N2CCN(C(c3ccccc3)c3ccccc3)CC2)nc2ccccn12. The molecule has 0 radical (unpaired) electrons. The Morgan fingerprint density at radius 3 is 2.03 bits per heavy atom. The lowest BCUT2D eigenvalue weighted by molar-refractivity contribution is 0.0590. The van der Waals surface area contributed by atoms with Gasteiger partial charge >= 0.3 is 0 Å². The Kier molecular flexibility index (Phi) is 6.43.